The zero-order chi connectivity index (χ0) is 20.8. The highest BCUT2D eigenvalue weighted by molar-refractivity contribution is 7.85. The maximum atomic E-state index is 13.2. The summed E-state index contributed by atoms with van der Waals surface area (Å²) >= 11 is 0. The van der Waals surface area contributed by atoms with Crippen LogP contribution in [0.25, 0.3) is 0 Å². The van der Waals surface area contributed by atoms with Crippen LogP contribution in [0.2, 0.25) is 0 Å². The van der Waals surface area contributed by atoms with Crippen LogP contribution in [0.5, 0.6) is 0 Å². The highest BCUT2D eigenvalue weighted by Gasteiger charge is 2.57. The molecule has 0 spiro atoms. The molecule has 0 radical (unpaired) electrons. The Hall–Kier alpha value is -1.15. The van der Waals surface area contributed by atoms with Crippen molar-refractivity contribution in [2.24, 2.45) is 35.5 Å². The summed E-state index contributed by atoms with van der Waals surface area (Å²) in [6, 6.07) is 0. The molecule has 0 aromatic rings. The average Bonchev–Trinajstić information content (AvgIpc) is 2.64. The van der Waals surface area contributed by atoms with Crippen LogP contribution >= 0.6 is 0 Å². The van der Waals surface area contributed by atoms with Gasteiger partial charge in [0.05, 0.1) is 11.8 Å². The zero-order valence-electron chi connectivity index (χ0n) is 17.0. The second-order valence-electron chi connectivity index (χ2n) is 9.86. The van der Waals surface area contributed by atoms with E-state index in [1.165, 1.54) is 6.42 Å². The molecule has 0 aromatic heterocycles. The third-order valence-corrected chi connectivity index (χ3v) is 8.72. The molecule has 1 N–H and O–H groups in total. The maximum Gasteiger partial charge on any atom is 0.310 e. The lowest BCUT2D eigenvalue weighted by atomic mass is 9.50. The Balaban J connectivity index is 1.40. The van der Waals surface area contributed by atoms with Crippen molar-refractivity contribution < 1.29 is 32.0 Å². The van der Waals surface area contributed by atoms with Gasteiger partial charge in [0, 0.05) is 0 Å². The fraction of sp³-hybridized carbons (Fsp3) is 0.905. The summed E-state index contributed by atoms with van der Waals surface area (Å²) in [5.41, 5.74) is -0.429. The molecule has 29 heavy (non-hydrogen) atoms. The Bertz CT molecular complexity index is 731. The summed E-state index contributed by atoms with van der Waals surface area (Å²) in [5.74, 6) is -0.215. The van der Waals surface area contributed by atoms with Crippen molar-refractivity contribution in [2.45, 2.75) is 70.3 Å². The van der Waals surface area contributed by atoms with Crippen LogP contribution in [0.15, 0.2) is 0 Å². The molecular formula is C21H32O7S. The van der Waals surface area contributed by atoms with Gasteiger partial charge in [0.2, 0.25) is 0 Å². The molecule has 0 aliphatic heterocycles. The molecule has 164 valence electrons. The molecule has 0 aromatic carbocycles. The predicted octanol–water partition coefficient (Wildman–Crippen LogP) is 2.98. The van der Waals surface area contributed by atoms with Gasteiger partial charge >= 0.3 is 11.9 Å². The van der Waals surface area contributed by atoms with Gasteiger partial charge in [-0.05, 0) is 75.5 Å². The zero-order valence-corrected chi connectivity index (χ0v) is 17.9. The molecule has 8 heteroatoms. The predicted molar refractivity (Wildman–Crippen MR) is 104 cm³/mol. The molecule has 0 saturated heterocycles. The van der Waals surface area contributed by atoms with Crippen LogP contribution < -0.4 is 0 Å². The molecule has 2 atom stereocenters. The highest BCUT2D eigenvalue weighted by atomic mass is 32.2. The van der Waals surface area contributed by atoms with Crippen molar-refractivity contribution in [1.82, 2.24) is 0 Å². The summed E-state index contributed by atoms with van der Waals surface area (Å²) in [5, 5.41) is 0. The van der Waals surface area contributed by atoms with E-state index in [9.17, 15) is 18.0 Å². The first-order valence-electron chi connectivity index (χ1n) is 11.0. The average molecular weight is 429 g/mol. The fourth-order valence-electron chi connectivity index (χ4n) is 6.63. The Labute approximate surface area is 172 Å². The van der Waals surface area contributed by atoms with Crippen molar-refractivity contribution in [3.63, 3.8) is 0 Å². The second-order valence-corrected chi connectivity index (χ2v) is 11.4. The van der Waals surface area contributed by atoms with E-state index >= 15 is 0 Å². The SMILES string of the molecule is CC1(OC(=O)C2CCCCC2C(=O)OCCS(=O)(=O)O)C2CC3CC(C2)CC1C3. The summed E-state index contributed by atoms with van der Waals surface area (Å²) < 4.78 is 41.7. The standard InChI is InChI=1S/C21H32O7S/c1-21(15-9-13-8-14(11-15)12-16(21)10-13)28-20(23)18-5-3-2-4-17(18)19(22)27-6-7-29(24,25)26/h13-18H,2-12H2,1H3,(H,24,25,26). The number of hydrogen-bond donors (Lipinski definition) is 1. The van der Waals surface area contributed by atoms with Crippen molar-refractivity contribution in [3.05, 3.63) is 0 Å². The summed E-state index contributed by atoms with van der Waals surface area (Å²) in [7, 11) is -4.19. The summed E-state index contributed by atoms with van der Waals surface area (Å²) in [6.07, 6.45) is 8.72. The van der Waals surface area contributed by atoms with Gasteiger partial charge in [-0.25, -0.2) is 0 Å². The first-order chi connectivity index (χ1) is 13.7. The van der Waals surface area contributed by atoms with Crippen LogP contribution in [0.4, 0.5) is 0 Å². The van der Waals surface area contributed by atoms with Crippen LogP contribution in [0.1, 0.15) is 64.7 Å². The van der Waals surface area contributed by atoms with E-state index in [1.807, 2.05) is 0 Å². The van der Waals surface area contributed by atoms with Crippen molar-refractivity contribution in [2.75, 3.05) is 12.4 Å². The Kier molecular flexibility index (Phi) is 5.70. The maximum absolute atomic E-state index is 13.2. The molecule has 0 heterocycles. The molecule has 5 rings (SSSR count). The van der Waals surface area contributed by atoms with Gasteiger partial charge in [-0.1, -0.05) is 12.8 Å². The molecule has 4 bridgehead atoms. The van der Waals surface area contributed by atoms with E-state index in [0.717, 1.165) is 50.4 Å². The molecule has 7 nitrogen and oxygen atoms in total. The third kappa shape index (κ3) is 4.33. The quantitative estimate of drug-likeness (QED) is 0.512. The van der Waals surface area contributed by atoms with Gasteiger partial charge in [0.1, 0.15) is 18.0 Å². The minimum absolute atomic E-state index is 0.295. The molecule has 0 amide bonds. The van der Waals surface area contributed by atoms with E-state index in [4.69, 9.17) is 14.0 Å². The van der Waals surface area contributed by atoms with E-state index in [-0.39, 0.29) is 5.97 Å². The van der Waals surface area contributed by atoms with Gasteiger partial charge in [-0.3, -0.25) is 14.1 Å². The first-order valence-corrected chi connectivity index (χ1v) is 12.6. The van der Waals surface area contributed by atoms with E-state index in [1.54, 1.807) is 0 Å². The summed E-state index contributed by atoms with van der Waals surface area (Å²) in [4.78, 5) is 25.7. The molecule has 5 fully saturated rings. The third-order valence-electron chi connectivity index (χ3n) is 8.04. The minimum Gasteiger partial charge on any atom is -0.464 e. The number of carbonyl (C=O) groups excluding carboxylic acids is 2. The van der Waals surface area contributed by atoms with Crippen molar-refractivity contribution in [1.29, 1.82) is 0 Å². The number of esters is 2. The van der Waals surface area contributed by atoms with Crippen LogP contribution in [-0.2, 0) is 29.2 Å². The van der Waals surface area contributed by atoms with Gasteiger partial charge in [0.25, 0.3) is 10.1 Å². The number of carbonyl (C=O) groups is 2. The van der Waals surface area contributed by atoms with Crippen molar-refractivity contribution >= 4 is 22.1 Å². The van der Waals surface area contributed by atoms with Crippen molar-refractivity contribution in [3.8, 4) is 0 Å². The topological polar surface area (TPSA) is 107 Å². The van der Waals surface area contributed by atoms with Gasteiger partial charge in [-0.2, -0.15) is 8.42 Å². The smallest absolute Gasteiger partial charge is 0.310 e. The fourth-order valence-corrected chi connectivity index (χ4v) is 6.92. The minimum atomic E-state index is -4.19. The van der Waals surface area contributed by atoms with Gasteiger partial charge < -0.3 is 9.47 Å². The number of ether oxygens (including phenoxy) is 2. The van der Waals surface area contributed by atoms with Crippen LogP contribution in [0, 0.1) is 35.5 Å². The molecule has 5 saturated carbocycles. The lowest BCUT2D eigenvalue weighted by molar-refractivity contribution is -0.210. The molecule has 5 aliphatic carbocycles. The Morgan fingerprint density at radius 2 is 1.45 bits per heavy atom. The van der Waals surface area contributed by atoms with E-state index < -0.39 is 45.9 Å². The number of hydrogen-bond acceptors (Lipinski definition) is 6. The normalized spacial score (nSPS) is 41.2. The highest BCUT2D eigenvalue weighted by Crippen LogP contribution is 2.59. The molecular weight excluding hydrogens is 396 g/mol. The summed E-state index contributed by atoms with van der Waals surface area (Å²) in [6.45, 7) is 1.70. The van der Waals surface area contributed by atoms with Gasteiger partial charge in [0.15, 0.2) is 0 Å². The van der Waals surface area contributed by atoms with Crippen LogP contribution in [-0.4, -0.2) is 42.9 Å². The van der Waals surface area contributed by atoms with E-state index in [0.29, 0.717) is 24.7 Å². The molecule has 2 unspecified atom stereocenters. The molecule has 5 aliphatic rings. The Morgan fingerprint density at radius 1 is 0.931 bits per heavy atom. The monoisotopic (exact) mass is 428 g/mol. The number of rotatable bonds is 6. The largest absolute Gasteiger partial charge is 0.464 e. The first kappa shape index (κ1) is 21.1. The Morgan fingerprint density at radius 3 is 1.97 bits per heavy atom. The van der Waals surface area contributed by atoms with Gasteiger partial charge in [-0.15, -0.1) is 0 Å². The van der Waals surface area contributed by atoms with E-state index in [2.05, 4.69) is 6.92 Å². The van der Waals surface area contributed by atoms with Crippen LogP contribution in [0.3, 0.4) is 0 Å². The lowest BCUT2D eigenvalue weighted by Crippen LogP contribution is -2.58. The lowest BCUT2D eigenvalue weighted by Gasteiger charge is -2.59. The second kappa shape index (κ2) is 7.84.